The molecule has 25 heavy (non-hydrogen) atoms. The van der Waals surface area contributed by atoms with Gasteiger partial charge in [0.1, 0.15) is 0 Å². The van der Waals surface area contributed by atoms with Crippen molar-refractivity contribution in [2.75, 3.05) is 32.0 Å². The molecule has 0 radical (unpaired) electrons. The number of hydrogen-bond acceptors (Lipinski definition) is 4. The number of carbonyl (C=O) groups is 1. The average Bonchev–Trinajstić information content (AvgIpc) is 2.62. The van der Waals surface area contributed by atoms with E-state index in [1.54, 1.807) is 0 Å². The number of nitrogens with two attached hydrogens (primary N) is 1. The number of rotatable bonds is 6. The van der Waals surface area contributed by atoms with Crippen LogP contribution in [0, 0.1) is 0 Å². The van der Waals surface area contributed by atoms with Gasteiger partial charge < -0.3 is 15.8 Å². The van der Waals surface area contributed by atoms with E-state index in [9.17, 15) is 4.79 Å². The molecule has 1 aliphatic rings. The third kappa shape index (κ3) is 5.31. The molecule has 1 amide bonds. The molecule has 0 unspecified atom stereocenters. The predicted octanol–water partition coefficient (Wildman–Crippen LogP) is 1.96. The summed E-state index contributed by atoms with van der Waals surface area (Å²) in [6.45, 7) is 4.93. The van der Waals surface area contributed by atoms with E-state index in [4.69, 9.17) is 10.5 Å². The van der Waals surface area contributed by atoms with E-state index >= 15 is 0 Å². The molecule has 1 saturated heterocycles. The second-order valence-electron chi connectivity index (χ2n) is 6.36. The van der Waals surface area contributed by atoms with Gasteiger partial charge in [-0.25, -0.2) is 0 Å². The van der Waals surface area contributed by atoms with E-state index < -0.39 is 0 Å². The van der Waals surface area contributed by atoms with E-state index in [1.807, 2.05) is 36.4 Å². The van der Waals surface area contributed by atoms with Crippen molar-refractivity contribution < 1.29 is 9.53 Å². The minimum atomic E-state index is 0.00627. The number of carbonyl (C=O) groups excluding carboxylic acids is 1. The third-order valence-electron chi connectivity index (χ3n) is 4.41. The highest BCUT2D eigenvalue weighted by Gasteiger charge is 2.13. The molecule has 132 valence electrons. The fraction of sp³-hybridized carbons (Fsp3) is 0.350. The molecule has 2 aromatic rings. The van der Waals surface area contributed by atoms with Gasteiger partial charge in [0.25, 0.3) is 0 Å². The summed E-state index contributed by atoms with van der Waals surface area (Å²) in [4.78, 5) is 14.6. The Balaban J connectivity index is 1.56. The van der Waals surface area contributed by atoms with Crippen molar-refractivity contribution in [1.29, 1.82) is 0 Å². The molecule has 0 aliphatic carbocycles. The Morgan fingerprint density at radius 3 is 2.60 bits per heavy atom. The Kier molecular flexibility index (Phi) is 6.04. The van der Waals surface area contributed by atoms with Crippen LogP contribution in [0.25, 0.3) is 0 Å². The molecule has 0 saturated carbocycles. The topological polar surface area (TPSA) is 67.6 Å². The molecule has 1 aliphatic heterocycles. The van der Waals surface area contributed by atoms with Crippen LogP contribution < -0.4 is 11.1 Å². The van der Waals surface area contributed by atoms with Crippen molar-refractivity contribution >= 4 is 11.6 Å². The lowest BCUT2D eigenvalue weighted by Crippen LogP contribution is -2.36. The molecule has 0 atom stereocenters. The normalized spacial score (nSPS) is 15.0. The second kappa shape index (κ2) is 8.65. The van der Waals surface area contributed by atoms with Crippen molar-refractivity contribution in [1.82, 2.24) is 10.2 Å². The zero-order valence-corrected chi connectivity index (χ0v) is 14.4. The fourth-order valence-corrected chi connectivity index (χ4v) is 3.03. The van der Waals surface area contributed by atoms with Crippen molar-refractivity contribution in [3.05, 3.63) is 65.2 Å². The first-order valence-electron chi connectivity index (χ1n) is 8.69. The number of ether oxygens (including phenoxy) is 1. The quantitative estimate of drug-likeness (QED) is 0.790. The maximum atomic E-state index is 12.2. The Morgan fingerprint density at radius 1 is 1.08 bits per heavy atom. The van der Waals surface area contributed by atoms with Crippen molar-refractivity contribution in [2.24, 2.45) is 0 Å². The summed E-state index contributed by atoms with van der Waals surface area (Å²) in [5, 5.41) is 3.02. The number of amides is 1. The van der Waals surface area contributed by atoms with Crippen LogP contribution >= 0.6 is 0 Å². The Morgan fingerprint density at radius 2 is 1.84 bits per heavy atom. The molecule has 3 N–H and O–H groups in total. The molecular weight excluding hydrogens is 314 g/mol. The van der Waals surface area contributed by atoms with E-state index in [1.165, 1.54) is 5.56 Å². The maximum Gasteiger partial charge on any atom is 0.224 e. The standard InChI is InChI=1S/C20H25N3O2/c21-19-7-3-4-16(12-19)13-20(24)22-14-17-5-1-2-6-18(17)15-23-8-10-25-11-9-23/h1-7,12H,8-11,13-15,21H2,(H,22,24). The maximum absolute atomic E-state index is 12.2. The summed E-state index contributed by atoms with van der Waals surface area (Å²) in [5.74, 6) is 0.00627. The minimum Gasteiger partial charge on any atom is -0.399 e. The van der Waals surface area contributed by atoms with Crippen LogP contribution in [-0.2, 0) is 29.0 Å². The number of benzene rings is 2. The van der Waals surface area contributed by atoms with Crippen LogP contribution in [-0.4, -0.2) is 37.1 Å². The van der Waals surface area contributed by atoms with Gasteiger partial charge in [0, 0.05) is 31.9 Å². The Bertz CT molecular complexity index is 712. The predicted molar refractivity (Wildman–Crippen MR) is 98.9 cm³/mol. The van der Waals surface area contributed by atoms with Crippen molar-refractivity contribution in [2.45, 2.75) is 19.5 Å². The van der Waals surface area contributed by atoms with E-state index in [2.05, 4.69) is 22.3 Å². The number of anilines is 1. The van der Waals surface area contributed by atoms with E-state index in [-0.39, 0.29) is 5.91 Å². The molecule has 0 spiro atoms. The molecular formula is C20H25N3O2. The van der Waals surface area contributed by atoms with Gasteiger partial charge in [-0.05, 0) is 28.8 Å². The van der Waals surface area contributed by atoms with Crippen LogP contribution in [0.1, 0.15) is 16.7 Å². The van der Waals surface area contributed by atoms with E-state index in [0.717, 1.165) is 44.0 Å². The number of nitrogens with zero attached hydrogens (tertiary/aromatic N) is 1. The van der Waals surface area contributed by atoms with Gasteiger partial charge in [0.15, 0.2) is 0 Å². The average molecular weight is 339 g/mol. The lowest BCUT2D eigenvalue weighted by Gasteiger charge is -2.27. The molecule has 1 heterocycles. The van der Waals surface area contributed by atoms with Gasteiger partial charge in [-0.15, -0.1) is 0 Å². The Labute approximate surface area is 148 Å². The smallest absolute Gasteiger partial charge is 0.224 e. The summed E-state index contributed by atoms with van der Waals surface area (Å²) in [6, 6.07) is 15.7. The molecule has 0 bridgehead atoms. The van der Waals surface area contributed by atoms with Gasteiger partial charge in [0.2, 0.25) is 5.91 Å². The summed E-state index contributed by atoms with van der Waals surface area (Å²) >= 11 is 0. The largest absolute Gasteiger partial charge is 0.399 e. The zero-order valence-electron chi connectivity index (χ0n) is 14.4. The van der Waals surface area contributed by atoms with E-state index in [0.29, 0.717) is 18.7 Å². The highest BCUT2D eigenvalue weighted by Crippen LogP contribution is 2.13. The molecule has 3 rings (SSSR count). The van der Waals surface area contributed by atoms with Gasteiger partial charge in [-0.2, -0.15) is 0 Å². The number of nitrogen functional groups attached to an aromatic ring is 1. The first kappa shape index (κ1) is 17.5. The molecule has 5 heteroatoms. The van der Waals surface area contributed by atoms with Crippen LogP contribution in [0.5, 0.6) is 0 Å². The van der Waals surface area contributed by atoms with Crippen LogP contribution in [0.4, 0.5) is 5.69 Å². The fourth-order valence-electron chi connectivity index (χ4n) is 3.03. The van der Waals surface area contributed by atoms with Gasteiger partial charge in [0.05, 0.1) is 19.6 Å². The second-order valence-corrected chi connectivity index (χ2v) is 6.36. The SMILES string of the molecule is Nc1cccc(CC(=O)NCc2ccccc2CN2CCOCC2)c1. The highest BCUT2D eigenvalue weighted by atomic mass is 16.5. The molecule has 2 aromatic carbocycles. The van der Waals surface area contributed by atoms with Gasteiger partial charge in [-0.3, -0.25) is 9.69 Å². The van der Waals surface area contributed by atoms with Gasteiger partial charge in [-0.1, -0.05) is 36.4 Å². The zero-order chi connectivity index (χ0) is 17.5. The summed E-state index contributed by atoms with van der Waals surface area (Å²) in [6.07, 6.45) is 0.344. The van der Waals surface area contributed by atoms with Crippen LogP contribution in [0.15, 0.2) is 48.5 Å². The summed E-state index contributed by atoms with van der Waals surface area (Å²) in [7, 11) is 0. The lowest BCUT2D eigenvalue weighted by molar-refractivity contribution is -0.120. The molecule has 1 fully saturated rings. The molecule has 0 aromatic heterocycles. The van der Waals surface area contributed by atoms with Crippen LogP contribution in [0.2, 0.25) is 0 Å². The monoisotopic (exact) mass is 339 g/mol. The van der Waals surface area contributed by atoms with Crippen molar-refractivity contribution in [3.63, 3.8) is 0 Å². The molecule has 5 nitrogen and oxygen atoms in total. The third-order valence-corrected chi connectivity index (χ3v) is 4.41. The first-order valence-corrected chi connectivity index (χ1v) is 8.69. The Hall–Kier alpha value is -2.37. The van der Waals surface area contributed by atoms with Crippen LogP contribution in [0.3, 0.4) is 0 Å². The first-order chi connectivity index (χ1) is 12.2. The number of hydrogen-bond donors (Lipinski definition) is 2. The summed E-state index contributed by atoms with van der Waals surface area (Å²) in [5.41, 5.74) is 9.79. The van der Waals surface area contributed by atoms with Gasteiger partial charge >= 0.3 is 0 Å². The van der Waals surface area contributed by atoms with Crippen molar-refractivity contribution in [3.8, 4) is 0 Å². The summed E-state index contributed by atoms with van der Waals surface area (Å²) < 4.78 is 5.40. The minimum absolute atomic E-state index is 0.00627. The highest BCUT2D eigenvalue weighted by molar-refractivity contribution is 5.78. The number of morpholine rings is 1. The number of nitrogens with one attached hydrogen (secondary N) is 1. The lowest BCUT2D eigenvalue weighted by atomic mass is 10.1.